The van der Waals surface area contributed by atoms with Crippen molar-refractivity contribution in [2.75, 3.05) is 18.0 Å². The molecule has 4 nitrogen and oxygen atoms in total. The molecular formula is C16H18N2O2. The van der Waals surface area contributed by atoms with Crippen LogP contribution in [-0.4, -0.2) is 30.8 Å². The van der Waals surface area contributed by atoms with Crippen LogP contribution in [0, 0.1) is 12.3 Å². The van der Waals surface area contributed by atoms with Crippen molar-refractivity contribution in [3.8, 4) is 12.3 Å². The lowest BCUT2D eigenvalue weighted by atomic mass is 10.1. The summed E-state index contributed by atoms with van der Waals surface area (Å²) < 4.78 is 0. The molecule has 0 saturated heterocycles. The molecule has 0 radical (unpaired) electrons. The highest BCUT2D eigenvalue weighted by Gasteiger charge is 2.27. The van der Waals surface area contributed by atoms with Crippen LogP contribution < -0.4 is 10.2 Å². The molecule has 0 aromatic heterocycles. The van der Waals surface area contributed by atoms with Crippen molar-refractivity contribution in [2.45, 2.75) is 25.8 Å². The molecule has 1 aromatic carbocycles. The summed E-state index contributed by atoms with van der Waals surface area (Å²) in [6.45, 7) is 2.74. The van der Waals surface area contributed by atoms with E-state index >= 15 is 0 Å². The van der Waals surface area contributed by atoms with Crippen LogP contribution in [0.2, 0.25) is 0 Å². The Kier molecular flexibility index (Phi) is 4.41. The molecule has 104 valence electrons. The number of Topliss-reactive ketones (excluding diaryl/α,β-unsaturated/α-hetero) is 1. The van der Waals surface area contributed by atoms with Gasteiger partial charge in [-0.25, -0.2) is 0 Å². The molecule has 2 rings (SSSR count). The second kappa shape index (κ2) is 6.25. The third-order valence-electron chi connectivity index (χ3n) is 3.53. The molecule has 1 amide bonds. The van der Waals surface area contributed by atoms with Crippen molar-refractivity contribution in [1.82, 2.24) is 5.32 Å². The highest BCUT2D eigenvalue weighted by Crippen LogP contribution is 2.27. The van der Waals surface area contributed by atoms with E-state index in [1.807, 2.05) is 36.1 Å². The molecule has 1 aliphatic heterocycles. The van der Waals surface area contributed by atoms with Gasteiger partial charge in [-0.1, -0.05) is 18.1 Å². The number of ketones is 1. The molecule has 1 atom stereocenters. The average molecular weight is 270 g/mol. The smallest absolute Gasteiger partial charge is 0.243 e. The summed E-state index contributed by atoms with van der Waals surface area (Å²) >= 11 is 0. The molecule has 0 fully saturated rings. The van der Waals surface area contributed by atoms with Gasteiger partial charge in [-0.2, -0.15) is 0 Å². The van der Waals surface area contributed by atoms with Gasteiger partial charge < -0.3 is 10.2 Å². The standard InChI is InChI=1S/C16H18N2O2/c1-3-10-17-16(20)12(2)18-11-6-9-15(19)13-7-4-5-8-14(13)18/h1,4-5,7-8,12H,6,9-11H2,2H3,(H,17,20). The van der Waals surface area contributed by atoms with Gasteiger partial charge in [0.2, 0.25) is 5.91 Å². The zero-order chi connectivity index (χ0) is 14.5. The summed E-state index contributed by atoms with van der Waals surface area (Å²) in [4.78, 5) is 26.1. The van der Waals surface area contributed by atoms with Crippen molar-refractivity contribution in [3.63, 3.8) is 0 Å². The second-order valence-electron chi connectivity index (χ2n) is 4.84. The molecule has 20 heavy (non-hydrogen) atoms. The van der Waals surface area contributed by atoms with E-state index in [-0.39, 0.29) is 24.3 Å². The Bertz CT molecular complexity index is 560. The van der Waals surface area contributed by atoms with Crippen LogP contribution in [0.25, 0.3) is 0 Å². The van der Waals surface area contributed by atoms with Gasteiger partial charge in [0.1, 0.15) is 6.04 Å². The fourth-order valence-corrected chi connectivity index (χ4v) is 2.45. The molecule has 0 aliphatic carbocycles. The maximum atomic E-state index is 12.1. The number of anilines is 1. The quantitative estimate of drug-likeness (QED) is 0.849. The Hall–Kier alpha value is -2.28. The molecule has 1 unspecified atom stereocenters. The summed E-state index contributed by atoms with van der Waals surface area (Å²) in [7, 11) is 0. The monoisotopic (exact) mass is 270 g/mol. The van der Waals surface area contributed by atoms with Crippen LogP contribution in [0.5, 0.6) is 0 Å². The summed E-state index contributed by atoms with van der Waals surface area (Å²) in [5.74, 6) is 2.41. The molecule has 0 saturated carbocycles. The fraction of sp³-hybridized carbons (Fsp3) is 0.375. The van der Waals surface area contributed by atoms with E-state index < -0.39 is 0 Å². The first-order chi connectivity index (χ1) is 9.65. The number of nitrogens with zero attached hydrogens (tertiary/aromatic N) is 1. The first-order valence-electron chi connectivity index (χ1n) is 6.75. The number of nitrogens with one attached hydrogen (secondary N) is 1. The number of amides is 1. The zero-order valence-electron chi connectivity index (χ0n) is 11.6. The zero-order valence-corrected chi connectivity index (χ0v) is 11.6. The molecule has 1 N–H and O–H groups in total. The van der Waals surface area contributed by atoms with Gasteiger partial charge in [-0.15, -0.1) is 6.42 Å². The van der Waals surface area contributed by atoms with Crippen LogP contribution >= 0.6 is 0 Å². The van der Waals surface area contributed by atoms with E-state index in [0.717, 1.165) is 12.1 Å². The lowest BCUT2D eigenvalue weighted by Crippen LogP contribution is -2.45. The van der Waals surface area contributed by atoms with Gasteiger partial charge in [-0.3, -0.25) is 9.59 Å². The lowest BCUT2D eigenvalue weighted by Gasteiger charge is -2.30. The Morgan fingerprint density at radius 1 is 1.50 bits per heavy atom. The van der Waals surface area contributed by atoms with Gasteiger partial charge in [0.25, 0.3) is 0 Å². The summed E-state index contributed by atoms with van der Waals surface area (Å²) in [6.07, 6.45) is 6.42. The van der Waals surface area contributed by atoms with Gasteiger partial charge in [0.15, 0.2) is 5.78 Å². The predicted octanol–water partition coefficient (Wildman–Crippen LogP) is 1.61. The van der Waals surface area contributed by atoms with E-state index in [1.165, 1.54) is 0 Å². The maximum absolute atomic E-state index is 12.1. The van der Waals surface area contributed by atoms with Crippen molar-refractivity contribution < 1.29 is 9.59 Å². The minimum atomic E-state index is -0.351. The van der Waals surface area contributed by atoms with E-state index in [4.69, 9.17) is 6.42 Å². The van der Waals surface area contributed by atoms with Crippen LogP contribution in [0.1, 0.15) is 30.1 Å². The minimum Gasteiger partial charge on any atom is -0.359 e. The molecule has 0 spiro atoms. The highest BCUT2D eigenvalue weighted by molar-refractivity contribution is 6.02. The van der Waals surface area contributed by atoms with Crippen molar-refractivity contribution in [1.29, 1.82) is 0 Å². The lowest BCUT2D eigenvalue weighted by molar-refractivity contribution is -0.121. The number of carbonyl (C=O) groups excluding carboxylic acids is 2. The first kappa shape index (κ1) is 14.1. The number of fused-ring (bicyclic) bond motifs is 1. The number of hydrogen-bond donors (Lipinski definition) is 1. The van der Waals surface area contributed by atoms with Gasteiger partial charge in [-0.05, 0) is 25.5 Å². The molecular weight excluding hydrogens is 252 g/mol. The number of hydrogen-bond acceptors (Lipinski definition) is 3. The minimum absolute atomic E-state index is 0.118. The molecule has 1 aromatic rings. The number of benzene rings is 1. The number of carbonyl (C=O) groups is 2. The van der Waals surface area contributed by atoms with Gasteiger partial charge >= 0.3 is 0 Å². The van der Waals surface area contributed by atoms with Crippen molar-refractivity contribution in [3.05, 3.63) is 29.8 Å². The first-order valence-corrected chi connectivity index (χ1v) is 6.75. The third-order valence-corrected chi connectivity index (χ3v) is 3.53. The van der Waals surface area contributed by atoms with Crippen LogP contribution in [0.15, 0.2) is 24.3 Å². The summed E-state index contributed by atoms with van der Waals surface area (Å²) in [5.41, 5.74) is 1.53. The summed E-state index contributed by atoms with van der Waals surface area (Å²) in [5, 5.41) is 2.69. The second-order valence-corrected chi connectivity index (χ2v) is 4.84. The normalized spacial score (nSPS) is 15.8. The molecule has 1 heterocycles. The van der Waals surface area contributed by atoms with E-state index in [1.54, 1.807) is 0 Å². The Balaban J connectivity index is 2.27. The van der Waals surface area contributed by atoms with E-state index in [2.05, 4.69) is 11.2 Å². The maximum Gasteiger partial charge on any atom is 0.243 e. The Morgan fingerprint density at radius 3 is 3.00 bits per heavy atom. The number of terminal acetylenes is 1. The van der Waals surface area contributed by atoms with Gasteiger partial charge in [0, 0.05) is 24.2 Å². The molecule has 1 aliphatic rings. The Morgan fingerprint density at radius 2 is 2.25 bits per heavy atom. The molecule has 0 bridgehead atoms. The van der Waals surface area contributed by atoms with Crippen molar-refractivity contribution >= 4 is 17.4 Å². The van der Waals surface area contributed by atoms with Crippen LogP contribution in [0.3, 0.4) is 0 Å². The van der Waals surface area contributed by atoms with E-state index in [0.29, 0.717) is 18.5 Å². The average Bonchev–Trinajstić information content (AvgIpc) is 2.64. The third kappa shape index (κ3) is 2.83. The number of para-hydroxylation sites is 1. The SMILES string of the molecule is C#CCNC(=O)C(C)N1CCCC(=O)c2ccccc21. The van der Waals surface area contributed by atoms with Crippen LogP contribution in [-0.2, 0) is 4.79 Å². The topological polar surface area (TPSA) is 49.4 Å². The van der Waals surface area contributed by atoms with Crippen molar-refractivity contribution in [2.24, 2.45) is 0 Å². The molecule has 4 heteroatoms. The fourth-order valence-electron chi connectivity index (χ4n) is 2.45. The Labute approximate surface area is 119 Å². The largest absolute Gasteiger partial charge is 0.359 e. The predicted molar refractivity (Wildman–Crippen MR) is 78.7 cm³/mol. The number of rotatable bonds is 3. The van der Waals surface area contributed by atoms with E-state index in [9.17, 15) is 9.59 Å². The highest BCUT2D eigenvalue weighted by atomic mass is 16.2. The van der Waals surface area contributed by atoms with Crippen LogP contribution in [0.4, 0.5) is 5.69 Å². The summed E-state index contributed by atoms with van der Waals surface area (Å²) in [6, 6.07) is 7.10. The van der Waals surface area contributed by atoms with Gasteiger partial charge in [0.05, 0.1) is 6.54 Å².